The zero-order valence-electron chi connectivity index (χ0n) is 6.24. The van der Waals surface area contributed by atoms with Crippen LogP contribution in [0.15, 0.2) is 35.7 Å². The highest BCUT2D eigenvalue weighted by molar-refractivity contribution is 8.93. The fraction of sp³-hybridized carbons (Fsp3) is 0. The highest BCUT2D eigenvalue weighted by Gasteiger charge is 2.05. The number of rotatable bonds is 1. The van der Waals surface area contributed by atoms with E-state index in [0.29, 0.717) is 0 Å². The Labute approximate surface area is 82.5 Å². The molecule has 0 aliphatic carbocycles. The van der Waals surface area contributed by atoms with Crippen LogP contribution in [0.25, 0.3) is 5.57 Å². The molecular weight excluding hydrogens is 208 g/mol. The summed E-state index contributed by atoms with van der Waals surface area (Å²) in [7, 11) is 7.48. The standard InChI is InChI=1S/C9H7ClS2/c10-12-7-9(6-11-12)8-4-2-1-3-5-8/h1-7H. The molecule has 1 aromatic rings. The monoisotopic (exact) mass is 214 g/mol. The van der Waals surface area contributed by atoms with Crippen molar-refractivity contribution in [1.82, 2.24) is 0 Å². The zero-order valence-corrected chi connectivity index (χ0v) is 8.62. The van der Waals surface area contributed by atoms with E-state index in [4.69, 9.17) is 10.7 Å². The Morgan fingerprint density at radius 3 is 2.50 bits per heavy atom. The Balaban J connectivity index is 2.34. The summed E-state index contributed by atoms with van der Waals surface area (Å²) in [4.78, 5) is 0. The SMILES string of the molecule is ClS1=CC(c2ccccc2)=CS1. The molecule has 62 valence electrons. The first-order valence-corrected chi connectivity index (χ1v) is 7.04. The lowest BCUT2D eigenvalue weighted by molar-refractivity contribution is 1.65. The summed E-state index contributed by atoms with van der Waals surface area (Å²) in [5, 5.41) is 4.22. The summed E-state index contributed by atoms with van der Waals surface area (Å²) in [6.45, 7) is 0. The fourth-order valence-corrected chi connectivity index (χ4v) is 3.64. The molecule has 12 heavy (non-hydrogen) atoms. The van der Waals surface area contributed by atoms with E-state index in [1.165, 1.54) is 11.1 Å². The molecule has 0 amide bonds. The van der Waals surface area contributed by atoms with Crippen molar-refractivity contribution >= 4 is 41.1 Å². The molecule has 0 nitrogen and oxygen atoms in total. The maximum Gasteiger partial charge on any atom is -0.00370 e. The maximum absolute atomic E-state index is 5.94. The molecule has 1 unspecified atom stereocenters. The van der Waals surface area contributed by atoms with E-state index < -0.39 is 0 Å². The summed E-state index contributed by atoms with van der Waals surface area (Å²) in [6, 6.07) is 10.3. The molecule has 1 heterocycles. The van der Waals surface area contributed by atoms with Crippen LogP contribution in [0.4, 0.5) is 0 Å². The van der Waals surface area contributed by atoms with Crippen molar-refractivity contribution in [3.8, 4) is 0 Å². The predicted octanol–water partition coefficient (Wildman–Crippen LogP) is 3.91. The van der Waals surface area contributed by atoms with Crippen LogP contribution in [0, 0.1) is 0 Å². The van der Waals surface area contributed by atoms with Gasteiger partial charge >= 0.3 is 0 Å². The lowest BCUT2D eigenvalue weighted by atomic mass is 10.1. The van der Waals surface area contributed by atoms with Gasteiger partial charge in [0.05, 0.1) is 0 Å². The molecule has 0 bridgehead atoms. The number of halogens is 1. The molecule has 0 N–H and O–H groups in total. The van der Waals surface area contributed by atoms with E-state index in [0.717, 1.165) is 0 Å². The van der Waals surface area contributed by atoms with Crippen molar-refractivity contribution < 1.29 is 0 Å². The number of hydrogen-bond donors (Lipinski definition) is 0. The van der Waals surface area contributed by atoms with E-state index in [2.05, 4.69) is 22.9 Å². The average Bonchev–Trinajstić information content (AvgIpc) is 2.54. The third kappa shape index (κ3) is 1.76. The second-order valence-corrected chi connectivity index (χ2v) is 6.76. The van der Waals surface area contributed by atoms with Gasteiger partial charge in [-0.1, -0.05) is 41.1 Å². The highest BCUT2D eigenvalue weighted by Crippen LogP contribution is 2.43. The first-order valence-electron chi connectivity index (χ1n) is 3.53. The Morgan fingerprint density at radius 2 is 1.92 bits per heavy atom. The topological polar surface area (TPSA) is 0 Å². The van der Waals surface area contributed by atoms with Gasteiger partial charge in [0, 0.05) is 0 Å². The van der Waals surface area contributed by atoms with Crippen LogP contribution in [0.1, 0.15) is 5.56 Å². The summed E-state index contributed by atoms with van der Waals surface area (Å²) in [6.07, 6.45) is 0. The van der Waals surface area contributed by atoms with E-state index >= 15 is 0 Å². The van der Waals surface area contributed by atoms with Gasteiger partial charge in [-0.15, -0.1) is 0 Å². The molecule has 0 saturated heterocycles. The van der Waals surface area contributed by atoms with Crippen molar-refractivity contribution in [3.05, 3.63) is 41.3 Å². The molecule has 0 fully saturated rings. The van der Waals surface area contributed by atoms with Crippen LogP contribution in [0.2, 0.25) is 0 Å². The van der Waals surface area contributed by atoms with Gasteiger partial charge in [-0.2, -0.15) is 0 Å². The number of hydrogen-bond acceptors (Lipinski definition) is 1. The second kappa shape index (κ2) is 3.69. The fourth-order valence-electron chi connectivity index (χ4n) is 1.02. The van der Waals surface area contributed by atoms with Crippen molar-refractivity contribution in [2.45, 2.75) is 0 Å². The van der Waals surface area contributed by atoms with Crippen molar-refractivity contribution in [2.75, 3.05) is 0 Å². The molecule has 1 aromatic carbocycles. The molecule has 3 heteroatoms. The van der Waals surface area contributed by atoms with Crippen LogP contribution < -0.4 is 0 Å². The van der Waals surface area contributed by atoms with Gasteiger partial charge < -0.3 is 0 Å². The summed E-state index contributed by atoms with van der Waals surface area (Å²) < 4.78 is 0. The van der Waals surface area contributed by atoms with E-state index in [-0.39, 0.29) is 8.73 Å². The summed E-state index contributed by atoms with van der Waals surface area (Å²) in [5.74, 6) is 0. The van der Waals surface area contributed by atoms with E-state index in [9.17, 15) is 0 Å². The normalized spacial score (nSPS) is 21.8. The Kier molecular flexibility index (Phi) is 2.59. The van der Waals surface area contributed by atoms with Gasteiger partial charge in [0.15, 0.2) is 0 Å². The van der Waals surface area contributed by atoms with Gasteiger partial charge in [-0.05, 0) is 41.3 Å². The van der Waals surface area contributed by atoms with Crippen molar-refractivity contribution in [3.63, 3.8) is 0 Å². The summed E-state index contributed by atoms with van der Waals surface area (Å²) >= 11 is 0. The molecule has 0 saturated carbocycles. The number of benzene rings is 1. The third-order valence-corrected chi connectivity index (χ3v) is 4.62. The Hall–Kier alpha value is -0.180. The Morgan fingerprint density at radius 1 is 1.17 bits per heavy atom. The molecule has 0 spiro atoms. The lowest BCUT2D eigenvalue weighted by Gasteiger charge is -1.95. The predicted molar refractivity (Wildman–Crippen MR) is 61.5 cm³/mol. The average molecular weight is 215 g/mol. The molecule has 1 aliphatic rings. The third-order valence-electron chi connectivity index (χ3n) is 1.59. The highest BCUT2D eigenvalue weighted by atomic mass is 35.7. The molecule has 0 radical (unpaired) electrons. The molecule has 0 aromatic heterocycles. The first kappa shape index (κ1) is 8.42. The number of allylic oxidation sites excluding steroid dienone is 1. The van der Waals surface area contributed by atoms with Gasteiger partial charge in [-0.25, -0.2) is 0 Å². The van der Waals surface area contributed by atoms with E-state index in [1.54, 1.807) is 10.8 Å². The van der Waals surface area contributed by atoms with Crippen molar-refractivity contribution in [2.24, 2.45) is 0 Å². The maximum atomic E-state index is 5.94. The largest absolute Gasteiger partial charge is 0.0622 e. The molecular formula is C9H7ClS2. The van der Waals surface area contributed by atoms with Crippen LogP contribution in [-0.4, -0.2) is 5.37 Å². The Bertz CT molecular complexity index is 341. The van der Waals surface area contributed by atoms with Crippen LogP contribution in [0.5, 0.6) is 0 Å². The van der Waals surface area contributed by atoms with Gasteiger partial charge in [0.25, 0.3) is 0 Å². The quantitative estimate of drug-likeness (QED) is 0.505. The molecule has 2 rings (SSSR count). The minimum Gasteiger partial charge on any atom is -0.0622 e. The van der Waals surface area contributed by atoms with Crippen LogP contribution >= 0.6 is 30.2 Å². The summed E-state index contributed by atoms with van der Waals surface area (Å²) in [5.41, 5.74) is 2.50. The van der Waals surface area contributed by atoms with Gasteiger partial charge in [0.1, 0.15) is 0 Å². The van der Waals surface area contributed by atoms with Crippen LogP contribution in [0.3, 0.4) is 0 Å². The van der Waals surface area contributed by atoms with Crippen LogP contribution in [-0.2, 0) is 0 Å². The van der Waals surface area contributed by atoms with E-state index in [1.807, 2.05) is 18.2 Å². The second-order valence-electron chi connectivity index (χ2n) is 2.40. The zero-order chi connectivity index (χ0) is 8.39. The van der Waals surface area contributed by atoms with Gasteiger partial charge in [0.2, 0.25) is 0 Å². The van der Waals surface area contributed by atoms with Crippen molar-refractivity contribution in [1.29, 1.82) is 0 Å². The first-order chi connectivity index (χ1) is 5.86. The minimum absolute atomic E-state index is 0.132. The lowest BCUT2D eigenvalue weighted by Crippen LogP contribution is -1.79. The van der Waals surface area contributed by atoms with Gasteiger partial charge in [-0.3, -0.25) is 0 Å². The molecule has 1 aliphatic heterocycles. The molecule has 1 atom stereocenters. The minimum atomic E-state index is -0.132. The smallest absolute Gasteiger partial charge is 0.00370 e.